The summed E-state index contributed by atoms with van der Waals surface area (Å²) >= 11 is 0. The highest BCUT2D eigenvalue weighted by Crippen LogP contribution is 2.28. The molecule has 0 radical (unpaired) electrons. The molecule has 0 bridgehead atoms. The average Bonchev–Trinajstić information content (AvgIpc) is 2.82. The predicted molar refractivity (Wildman–Crippen MR) is 121 cm³/mol. The van der Waals surface area contributed by atoms with Gasteiger partial charge < -0.3 is 4.74 Å². The van der Waals surface area contributed by atoms with E-state index in [1.165, 1.54) is 12.1 Å². The van der Waals surface area contributed by atoms with Crippen molar-refractivity contribution in [2.45, 2.75) is 26.2 Å². The number of benzene rings is 3. The summed E-state index contributed by atoms with van der Waals surface area (Å²) in [4.78, 5) is 4.46. The first-order valence-corrected chi connectivity index (χ1v) is 10.6. The van der Waals surface area contributed by atoms with Gasteiger partial charge in [-0.3, -0.25) is 4.98 Å². The van der Waals surface area contributed by atoms with Crippen LogP contribution in [0.4, 0.5) is 8.78 Å². The maximum absolute atomic E-state index is 15.1. The zero-order valence-corrected chi connectivity index (χ0v) is 17.7. The van der Waals surface area contributed by atoms with Crippen molar-refractivity contribution >= 4 is 10.8 Å². The van der Waals surface area contributed by atoms with Gasteiger partial charge in [-0.15, -0.1) is 0 Å². The highest BCUT2D eigenvalue weighted by Gasteiger charge is 2.10. The maximum atomic E-state index is 15.1. The fraction of sp³-hybridized carbons (Fsp3) is 0.185. The molecule has 1 heterocycles. The number of halogens is 2. The normalized spacial score (nSPS) is 10.8. The van der Waals surface area contributed by atoms with Gasteiger partial charge in [-0.2, -0.15) is 5.26 Å². The number of nitriles is 1. The van der Waals surface area contributed by atoms with Gasteiger partial charge in [0.25, 0.3) is 0 Å². The molecule has 4 aromatic rings. The number of fused-ring (bicyclic) bond motifs is 1. The molecule has 0 aliphatic rings. The summed E-state index contributed by atoms with van der Waals surface area (Å²) in [6.45, 7) is 2.70. The standard InChI is InChI=1S/C27H22F2N2O/c1-2-13-32-23-10-12-26(31-17-23)21-9-11-24-20(15-21)8-7-19(27(24)29)5-3-18-4-6-22(16-30)25(28)14-18/h4,6-12,14-15,17H,2-3,5,13H2,1H3. The lowest BCUT2D eigenvalue weighted by Crippen LogP contribution is -1.97. The summed E-state index contributed by atoms with van der Waals surface area (Å²) in [6.07, 6.45) is 3.56. The molecule has 0 aliphatic carbocycles. The van der Waals surface area contributed by atoms with Crippen molar-refractivity contribution in [2.24, 2.45) is 0 Å². The van der Waals surface area contributed by atoms with Crippen molar-refractivity contribution in [3.05, 3.63) is 95.2 Å². The van der Waals surface area contributed by atoms with Crippen LogP contribution in [0.15, 0.2) is 66.9 Å². The molecule has 0 spiro atoms. The third kappa shape index (κ3) is 4.60. The minimum Gasteiger partial charge on any atom is -0.492 e. The molecule has 160 valence electrons. The molecule has 0 atom stereocenters. The van der Waals surface area contributed by atoms with Crippen molar-refractivity contribution in [1.29, 1.82) is 5.26 Å². The maximum Gasteiger partial charge on any atom is 0.141 e. The molecule has 3 aromatic carbocycles. The average molecular weight is 428 g/mol. The molecule has 4 rings (SSSR count). The van der Waals surface area contributed by atoms with Crippen LogP contribution in [0.3, 0.4) is 0 Å². The van der Waals surface area contributed by atoms with Crippen molar-refractivity contribution in [2.75, 3.05) is 6.61 Å². The molecule has 0 saturated carbocycles. The first kappa shape index (κ1) is 21.5. The van der Waals surface area contributed by atoms with Gasteiger partial charge in [0.1, 0.15) is 23.5 Å². The van der Waals surface area contributed by atoms with Gasteiger partial charge in [0.15, 0.2) is 0 Å². The Kier molecular flexibility index (Phi) is 6.42. The largest absolute Gasteiger partial charge is 0.492 e. The van der Waals surface area contributed by atoms with E-state index in [2.05, 4.69) is 4.98 Å². The number of hydrogen-bond donors (Lipinski definition) is 0. The molecule has 32 heavy (non-hydrogen) atoms. The molecule has 0 fully saturated rings. The van der Waals surface area contributed by atoms with E-state index in [9.17, 15) is 4.39 Å². The monoisotopic (exact) mass is 428 g/mol. The van der Waals surface area contributed by atoms with Gasteiger partial charge in [-0.05, 0) is 66.1 Å². The number of pyridine rings is 1. The fourth-order valence-electron chi connectivity index (χ4n) is 3.63. The SMILES string of the molecule is CCCOc1ccc(-c2ccc3c(F)c(CCc4ccc(C#N)c(F)c4)ccc3c2)nc1. The van der Waals surface area contributed by atoms with Gasteiger partial charge in [-0.25, -0.2) is 8.78 Å². The van der Waals surface area contributed by atoms with Crippen LogP contribution >= 0.6 is 0 Å². The summed E-state index contributed by atoms with van der Waals surface area (Å²) in [5, 5.41) is 10.2. The fourth-order valence-corrected chi connectivity index (χ4v) is 3.63. The number of aromatic nitrogens is 1. The van der Waals surface area contributed by atoms with Gasteiger partial charge in [0, 0.05) is 10.9 Å². The summed E-state index contributed by atoms with van der Waals surface area (Å²) < 4.78 is 34.5. The van der Waals surface area contributed by atoms with Gasteiger partial charge in [-0.1, -0.05) is 37.3 Å². The molecular formula is C27H22F2N2O. The summed E-state index contributed by atoms with van der Waals surface area (Å²) in [5.41, 5.74) is 3.02. The number of aryl methyl sites for hydroxylation is 2. The first-order valence-electron chi connectivity index (χ1n) is 10.6. The molecule has 0 aliphatic heterocycles. The Bertz CT molecular complexity index is 1290. The van der Waals surface area contributed by atoms with Crippen LogP contribution in [0.2, 0.25) is 0 Å². The topological polar surface area (TPSA) is 45.9 Å². The van der Waals surface area contributed by atoms with E-state index in [1.807, 2.05) is 37.3 Å². The molecule has 0 amide bonds. The first-order chi connectivity index (χ1) is 15.6. The second-order valence-corrected chi connectivity index (χ2v) is 7.63. The molecule has 0 unspecified atom stereocenters. The molecule has 0 saturated heterocycles. The van der Waals surface area contributed by atoms with Crippen LogP contribution in [0, 0.1) is 23.0 Å². The van der Waals surface area contributed by atoms with Crippen molar-refractivity contribution < 1.29 is 13.5 Å². The Hall–Kier alpha value is -3.78. The van der Waals surface area contributed by atoms with E-state index >= 15 is 4.39 Å². The summed E-state index contributed by atoms with van der Waals surface area (Å²) in [6, 6.07) is 19.3. The summed E-state index contributed by atoms with van der Waals surface area (Å²) in [5.74, 6) is -0.0799. The van der Waals surface area contributed by atoms with E-state index in [-0.39, 0.29) is 11.4 Å². The van der Waals surface area contributed by atoms with Crippen LogP contribution in [0.25, 0.3) is 22.0 Å². The Morgan fingerprint density at radius 2 is 1.84 bits per heavy atom. The van der Waals surface area contributed by atoms with Gasteiger partial charge >= 0.3 is 0 Å². The van der Waals surface area contributed by atoms with E-state index in [4.69, 9.17) is 10.00 Å². The van der Waals surface area contributed by atoms with Crippen LogP contribution < -0.4 is 4.74 Å². The van der Waals surface area contributed by atoms with Crippen molar-refractivity contribution in [1.82, 2.24) is 4.98 Å². The zero-order chi connectivity index (χ0) is 22.5. The smallest absolute Gasteiger partial charge is 0.141 e. The molecule has 0 N–H and O–H groups in total. The van der Waals surface area contributed by atoms with E-state index in [0.29, 0.717) is 30.4 Å². The minimum atomic E-state index is -0.546. The predicted octanol–water partition coefficient (Wildman–Crippen LogP) is 6.63. The van der Waals surface area contributed by atoms with E-state index < -0.39 is 5.82 Å². The second-order valence-electron chi connectivity index (χ2n) is 7.63. The molecule has 1 aromatic heterocycles. The van der Waals surface area contributed by atoms with Crippen molar-refractivity contribution in [3.8, 4) is 23.1 Å². The second kappa shape index (κ2) is 9.57. The van der Waals surface area contributed by atoms with E-state index in [1.54, 1.807) is 30.5 Å². The third-order valence-electron chi connectivity index (χ3n) is 5.38. The van der Waals surface area contributed by atoms with Crippen LogP contribution in [0.5, 0.6) is 5.75 Å². The Balaban J connectivity index is 1.53. The number of rotatable bonds is 7. The third-order valence-corrected chi connectivity index (χ3v) is 5.38. The van der Waals surface area contributed by atoms with Crippen molar-refractivity contribution in [3.63, 3.8) is 0 Å². The summed E-state index contributed by atoms with van der Waals surface area (Å²) in [7, 11) is 0. The van der Waals surface area contributed by atoms with Crippen LogP contribution in [-0.4, -0.2) is 11.6 Å². The number of hydrogen-bond acceptors (Lipinski definition) is 3. The Morgan fingerprint density at radius 3 is 2.56 bits per heavy atom. The number of ether oxygens (including phenoxy) is 1. The van der Waals surface area contributed by atoms with Gasteiger partial charge in [0.2, 0.25) is 0 Å². The van der Waals surface area contributed by atoms with Crippen LogP contribution in [0.1, 0.15) is 30.0 Å². The highest BCUT2D eigenvalue weighted by atomic mass is 19.1. The lowest BCUT2D eigenvalue weighted by molar-refractivity contribution is 0.316. The van der Waals surface area contributed by atoms with E-state index in [0.717, 1.165) is 34.4 Å². The quantitative estimate of drug-likeness (QED) is 0.332. The zero-order valence-electron chi connectivity index (χ0n) is 17.7. The lowest BCUT2D eigenvalue weighted by Gasteiger charge is -2.10. The molecule has 3 nitrogen and oxygen atoms in total. The minimum absolute atomic E-state index is 0.0130. The lowest BCUT2D eigenvalue weighted by atomic mass is 9.98. The Morgan fingerprint density at radius 1 is 0.969 bits per heavy atom. The Labute approximate surface area is 185 Å². The number of nitrogens with zero attached hydrogens (tertiary/aromatic N) is 2. The van der Waals surface area contributed by atoms with Crippen LogP contribution in [-0.2, 0) is 12.8 Å². The highest BCUT2D eigenvalue weighted by molar-refractivity contribution is 5.88. The molecule has 5 heteroatoms. The van der Waals surface area contributed by atoms with Gasteiger partial charge in [0.05, 0.1) is 24.1 Å². The molecular weight excluding hydrogens is 406 g/mol.